The third kappa shape index (κ3) is 4.01. The second-order valence-electron chi connectivity index (χ2n) is 7.67. The predicted molar refractivity (Wildman–Crippen MR) is 87.8 cm³/mol. The molecule has 1 aliphatic carbocycles. The van der Waals surface area contributed by atoms with Gasteiger partial charge in [0.15, 0.2) is 0 Å². The molecule has 0 aliphatic heterocycles. The minimum Gasteiger partial charge on any atom is -0.444 e. The van der Waals surface area contributed by atoms with Gasteiger partial charge < -0.3 is 9.64 Å². The fourth-order valence-corrected chi connectivity index (χ4v) is 2.95. The summed E-state index contributed by atoms with van der Waals surface area (Å²) in [7, 11) is 0. The first-order valence-electron chi connectivity index (χ1n) is 8.25. The van der Waals surface area contributed by atoms with Gasteiger partial charge >= 0.3 is 6.09 Å². The number of nitrogens with zero attached hydrogens (tertiary/aromatic N) is 2. The summed E-state index contributed by atoms with van der Waals surface area (Å²) in [5.41, 5.74) is -0.472. The van der Waals surface area contributed by atoms with E-state index in [0.29, 0.717) is 12.2 Å². The fraction of sp³-hybridized carbons (Fsp3) is 0.667. The van der Waals surface area contributed by atoms with Gasteiger partial charge in [-0.2, -0.15) is 0 Å². The van der Waals surface area contributed by atoms with E-state index in [1.807, 2.05) is 34.6 Å². The molecule has 1 aromatic rings. The van der Waals surface area contributed by atoms with Crippen LogP contribution in [0, 0.1) is 5.82 Å². The average Bonchev–Trinajstić information content (AvgIpc) is 2.36. The van der Waals surface area contributed by atoms with Gasteiger partial charge in [-0.3, -0.25) is 4.98 Å². The first kappa shape index (κ1) is 17.7. The van der Waals surface area contributed by atoms with Gasteiger partial charge in [0.25, 0.3) is 0 Å². The summed E-state index contributed by atoms with van der Waals surface area (Å²) in [5, 5.41) is 0. The molecule has 0 unspecified atom stereocenters. The lowest BCUT2D eigenvalue weighted by atomic mass is 9.65. The van der Waals surface area contributed by atoms with Crippen molar-refractivity contribution in [3.63, 3.8) is 0 Å². The highest BCUT2D eigenvalue weighted by atomic mass is 19.1. The maximum absolute atomic E-state index is 14.2. The summed E-state index contributed by atoms with van der Waals surface area (Å²) in [5.74, 6) is -0.292. The van der Waals surface area contributed by atoms with E-state index in [2.05, 4.69) is 4.98 Å². The first-order chi connectivity index (χ1) is 10.6. The Bertz CT molecular complexity index is 562. The highest BCUT2D eigenvalue weighted by molar-refractivity contribution is 5.68. The molecule has 23 heavy (non-hydrogen) atoms. The largest absolute Gasteiger partial charge is 0.444 e. The lowest BCUT2D eigenvalue weighted by Gasteiger charge is -2.45. The number of hydrogen-bond acceptors (Lipinski definition) is 3. The maximum atomic E-state index is 14.2. The smallest absolute Gasteiger partial charge is 0.410 e. The van der Waals surface area contributed by atoms with Crippen molar-refractivity contribution in [2.45, 2.75) is 70.9 Å². The van der Waals surface area contributed by atoms with Crippen molar-refractivity contribution >= 4 is 6.09 Å². The van der Waals surface area contributed by atoms with Crippen molar-refractivity contribution in [3.8, 4) is 0 Å². The number of rotatable bonds is 4. The number of amides is 1. The van der Waals surface area contributed by atoms with Crippen LogP contribution in [-0.2, 0) is 10.2 Å². The molecule has 0 atom stereocenters. The summed E-state index contributed by atoms with van der Waals surface area (Å²) >= 11 is 0. The first-order valence-corrected chi connectivity index (χ1v) is 8.25. The third-order valence-electron chi connectivity index (χ3n) is 4.30. The van der Waals surface area contributed by atoms with Gasteiger partial charge in [0.2, 0.25) is 0 Å². The molecule has 0 aromatic carbocycles. The van der Waals surface area contributed by atoms with Gasteiger partial charge in [-0.1, -0.05) is 6.42 Å². The van der Waals surface area contributed by atoms with Crippen LogP contribution in [0.1, 0.15) is 59.6 Å². The molecule has 1 amide bonds. The van der Waals surface area contributed by atoms with Crippen LogP contribution < -0.4 is 0 Å². The number of ether oxygens (including phenoxy) is 1. The monoisotopic (exact) mass is 322 g/mol. The van der Waals surface area contributed by atoms with Crippen molar-refractivity contribution < 1.29 is 13.9 Å². The zero-order valence-corrected chi connectivity index (χ0v) is 14.7. The van der Waals surface area contributed by atoms with E-state index < -0.39 is 11.0 Å². The Kier molecular flexibility index (Phi) is 4.97. The van der Waals surface area contributed by atoms with E-state index in [9.17, 15) is 9.18 Å². The molecular weight excluding hydrogens is 295 g/mol. The van der Waals surface area contributed by atoms with Gasteiger partial charge in [-0.05, 0) is 59.6 Å². The van der Waals surface area contributed by atoms with Crippen molar-refractivity contribution in [1.82, 2.24) is 9.88 Å². The third-order valence-corrected chi connectivity index (χ3v) is 4.30. The quantitative estimate of drug-likeness (QED) is 0.830. The highest BCUT2D eigenvalue weighted by Crippen LogP contribution is 2.44. The van der Waals surface area contributed by atoms with Gasteiger partial charge in [-0.25, -0.2) is 9.18 Å². The zero-order chi connectivity index (χ0) is 17.3. The van der Waals surface area contributed by atoms with E-state index in [0.717, 1.165) is 19.3 Å². The number of carbonyl (C=O) groups excluding carboxylic acids is 1. The highest BCUT2D eigenvalue weighted by Gasteiger charge is 2.45. The Hall–Kier alpha value is -1.65. The van der Waals surface area contributed by atoms with Gasteiger partial charge in [0, 0.05) is 24.2 Å². The molecule has 1 fully saturated rings. The molecule has 0 bridgehead atoms. The van der Waals surface area contributed by atoms with Crippen LogP contribution in [0.15, 0.2) is 18.3 Å². The van der Waals surface area contributed by atoms with Gasteiger partial charge in [-0.15, -0.1) is 0 Å². The molecule has 5 heteroatoms. The molecule has 1 aromatic heterocycles. The summed E-state index contributed by atoms with van der Waals surface area (Å²) in [4.78, 5) is 18.5. The Morgan fingerprint density at radius 3 is 2.52 bits per heavy atom. The second kappa shape index (κ2) is 6.46. The summed E-state index contributed by atoms with van der Waals surface area (Å²) in [6.07, 6.45) is 3.97. The molecule has 1 heterocycles. The lowest BCUT2D eigenvalue weighted by molar-refractivity contribution is 0.00783. The number of carbonyl (C=O) groups is 1. The molecule has 2 rings (SSSR count). The van der Waals surface area contributed by atoms with Crippen molar-refractivity contribution in [1.29, 1.82) is 0 Å². The standard InChI is InChI=1S/C18H27FN2O2/c1-13(2)21(16(22)23-17(3,4)5)12-18(9-7-10-18)15-14(19)8-6-11-20-15/h6,8,11,13H,7,9-10,12H2,1-5H3. The molecule has 0 spiro atoms. The summed E-state index contributed by atoms with van der Waals surface area (Å²) in [6, 6.07) is 3.02. The number of hydrogen-bond donors (Lipinski definition) is 0. The zero-order valence-electron chi connectivity index (χ0n) is 14.7. The van der Waals surface area contributed by atoms with Crippen molar-refractivity contribution in [2.75, 3.05) is 6.54 Å². The minimum atomic E-state index is -0.548. The number of aromatic nitrogens is 1. The molecule has 0 saturated heterocycles. The molecular formula is C18H27FN2O2. The van der Waals surface area contributed by atoms with Crippen LogP contribution in [0.4, 0.5) is 9.18 Å². The Morgan fingerprint density at radius 2 is 2.09 bits per heavy atom. The Labute approximate surface area is 138 Å². The van der Waals surface area contributed by atoms with E-state index in [4.69, 9.17) is 4.74 Å². The van der Waals surface area contributed by atoms with Crippen molar-refractivity contribution in [3.05, 3.63) is 29.8 Å². The van der Waals surface area contributed by atoms with Crippen molar-refractivity contribution in [2.24, 2.45) is 0 Å². The molecule has 4 nitrogen and oxygen atoms in total. The van der Waals surface area contributed by atoms with Gasteiger partial charge in [0.1, 0.15) is 11.4 Å². The van der Waals surface area contributed by atoms with E-state index in [1.54, 1.807) is 17.2 Å². The molecule has 1 saturated carbocycles. The lowest BCUT2D eigenvalue weighted by Crippen LogP contribution is -2.52. The van der Waals surface area contributed by atoms with Crippen LogP contribution in [0.25, 0.3) is 0 Å². The van der Waals surface area contributed by atoms with E-state index in [1.165, 1.54) is 6.07 Å². The molecule has 1 aliphatic rings. The van der Waals surface area contributed by atoms with Crippen LogP contribution in [-0.4, -0.2) is 34.2 Å². The van der Waals surface area contributed by atoms with E-state index >= 15 is 0 Å². The van der Waals surface area contributed by atoms with E-state index in [-0.39, 0.29) is 18.0 Å². The fourth-order valence-electron chi connectivity index (χ4n) is 2.95. The predicted octanol–water partition coefficient (Wildman–Crippen LogP) is 4.29. The Balaban J connectivity index is 2.24. The van der Waals surface area contributed by atoms with Crippen LogP contribution in [0.5, 0.6) is 0 Å². The number of halogens is 1. The SMILES string of the molecule is CC(C)N(CC1(c2ncccc2F)CCC1)C(=O)OC(C)(C)C. The normalized spacial score (nSPS) is 16.8. The molecule has 128 valence electrons. The maximum Gasteiger partial charge on any atom is 0.410 e. The summed E-state index contributed by atoms with van der Waals surface area (Å²) in [6.45, 7) is 9.88. The van der Waals surface area contributed by atoms with Crippen LogP contribution in [0.2, 0.25) is 0 Å². The van der Waals surface area contributed by atoms with Crippen LogP contribution in [0.3, 0.4) is 0 Å². The molecule has 0 radical (unpaired) electrons. The molecule has 0 N–H and O–H groups in total. The summed E-state index contributed by atoms with van der Waals surface area (Å²) < 4.78 is 19.7. The average molecular weight is 322 g/mol. The number of pyridine rings is 1. The van der Waals surface area contributed by atoms with Crippen LogP contribution >= 0.6 is 0 Å². The topological polar surface area (TPSA) is 42.4 Å². The van der Waals surface area contributed by atoms with Gasteiger partial charge in [0.05, 0.1) is 5.69 Å². The minimum absolute atomic E-state index is 0.0194. The Morgan fingerprint density at radius 1 is 1.43 bits per heavy atom. The second-order valence-corrected chi connectivity index (χ2v) is 7.67.